The minimum atomic E-state index is 0.497. The van der Waals surface area contributed by atoms with Crippen molar-refractivity contribution in [2.45, 2.75) is 6.92 Å². The molecule has 2 heterocycles. The average molecular weight is 251 g/mol. The molecular formula is C12H21N5O. The van der Waals surface area contributed by atoms with Gasteiger partial charge in [-0.3, -0.25) is 0 Å². The molecule has 1 aromatic heterocycles. The van der Waals surface area contributed by atoms with E-state index in [4.69, 9.17) is 10.5 Å². The Bertz CT molecular complexity index is 390. The van der Waals surface area contributed by atoms with Crippen LogP contribution in [0.3, 0.4) is 0 Å². The van der Waals surface area contributed by atoms with Gasteiger partial charge in [0, 0.05) is 26.2 Å². The highest BCUT2D eigenvalue weighted by atomic mass is 16.5. The van der Waals surface area contributed by atoms with Gasteiger partial charge in [-0.1, -0.05) is 0 Å². The minimum Gasteiger partial charge on any atom is -0.476 e. The maximum absolute atomic E-state index is 5.79. The van der Waals surface area contributed by atoms with Gasteiger partial charge in [0.2, 0.25) is 5.88 Å². The lowest BCUT2D eigenvalue weighted by atomic mass is 10.4. The number of hydrogen-bond donors (Lipinski definition) is 2. The summed E-state index contributed by atoms with van der Waals surface area (Å²) in [5, 5.41) is 2.16. The summed E-state index contributed by atoms with van der Waals surface area (Å²) in [6, 6.07) is 3.69. The predicted molar refractivity (Wildman–Crippen MR) is 72.5 cm³/mol. The first-order chi connectivity index (χ1) is 8.69. The van der Waals surface area contributed by atoms with Crippen LogP contribution in [0.4, 0.5) is 11.5 Å². The van der Waals surface area contributed by atoms with Gasteiger partial charge in [0.1, 0.15) is 5.82 Å². The van der Waals surface area contributed by atoms with Crippen molar-refractivity contribution >= 4 is 11.5 Å². The molecule has 0 aromatic carbocycles. The number of aromatic nitrogens is 1. The molecule has 1 fully saturated rings. The summed E-state index contributed by atoms with van der Waals surface area (Å²) in [6.07, 6.45) is 0. The molecule has 0 amide bonds. The number of ether oxygens (including phenoxy) is 1. The summed E-state index contributed by atoms with van der Waals surface area (Å²) in [5.74, 6) is 1.27. The summed E-state index contributed by atoms with van der Waals surface area (Å²) < 4.78 is 5.38. The molecule has 0 spiro atoms. The first-order valence-corrected chi connectivity index (χ1v) is 6.28. The number of likely N-dealkylation sites (N-methyl/N-ethyl adjacent to an activating group) is 1. The third kappa shape index (κ3) is 3.24. The van der Waals surface area contributed by atoms with Crippen LogP contribution in [0.1, 0.15) is 6.92 Å². The standard InChI is InChI=1S/C12H21N5O/c1-3-18-12-10(13)4-5-11(14-12)15-17-8-6-16(2)7-9-17/h4-5H,3,6-9,13H2,1-2H3,(H,14,15). The Morgan fingerprint density at radius 1 is 1.33 bits per heavy atom. The topological polar surface area (TPSA) is 66.7 Å². The minimum absolute atomic E-state index is 0.497. The third-order valence-electron chi connectivity index (χ3n) is 2.95. The van der Waals surface area contributed by atoms with E-state index in [1.165, 1.54) is 0 Å². The number of anilines is 2. The Hall–Kier alpha value is -1.53. The molecule has 0 aliphatic carbocycles. The van der Waals surface area contributed by atoms with Gasteiger partial charge < -0.3 is 20.8 Å². The maximum Gasteiger partial charge on any atom is 0.239 e. The number of piperazine rings is 1. The molecule has 1 aromatic rings. The summed E-state index contributed by atoms with van der Waals surface area (Å²) in [4.78, 5) is 6.67. The zero-order valence-corrected chi connectivity index (χ0v) is 11.0. The Kier molecular flexibility index (Phi) is 4.22. The molecule has 0 unspecified atom stereocenters. The fourth-order valence-corrected chi connectivity index (χ4v) is 1.85. The zero-order chi connectivity index (χ0) is 13.0. The molecule has 1 aliphatic heterocycles. The van der Waals surface area contributed by atoms with E-state index in [9.17, 15) is 0 Å². The SMILES string of the molecule is CCOc1nc(NN2CCN(C)CC2)ccc1N. The number of nitrogen functional groups attached to an aromatic ring is 1. The fraction of sp³-hybridized carbons (Fsp3) is 0.583. The molecule has 1 aliphatic rings. The van der Waals surface area contributed by atoms with Crippen LogP contribution in [0.2, 0.25) is 0 Å². The summed E-state index contributed by atoms with van der Waals surface area (Å²) >= 11 is 0. The zero-order valence-electron chi connectivity index (χ0n) is 11.0. The smallest absolute Gasteiger partial charge is 0.239 e. The van der Waals surface area contributed by atoms with Crippen LogP contribution < -0.4 is 15.9 Å². The lowest BCUT2D eigenvalue weighted by Crippen LogP contribution is -2.47. The van der Waals surface area contributed by atoms with E-state index in [0.29, 0.717) is 18.2 Å². The van der Waals surface area contributed by atoms with Gasteiger partial charge >= 0.3 is 0 Å². The van der Waals surface area contributed by atoms with Gasteiger partial charge in [-0.2, -0.15) is 4.98 Å². The van der Waals surface area contributed by atoms with Crippen molar-refractivity contribution in [2.24, 2.45) is 0 Å². The Labute approximate surface area is 108 Å². The number of nitrogens with zero attached hydrogens (tertiary/aromatic N) is 3. The monoisotopic (exact) mass is 251 g/mol. The Morgan fingerprint density at radius 2 is 2.06 bits per heavy atom. The second-order valence-corrected chi connectivity index (χ2v) is 4.43. The van der Waals surface area contributed by atoms with E-state index in [-0.39, 0.29) is 0 Å². The van der Waals surface area contributed by atoms with Crippen molar-refractivity contribution in [3.05, 3.63) is 12.1 Å². The van der Waals surface area contributed by atoms with Crippen molar-refractivity contribution in [2.75, 3.05) is 51.0 Å². The van der Waals surface area contributed by atoms with Crippen molar-refractivity contribution in [3.63, 3.8) is 0 Å². The second kappa shape index (κ2) is 5.88. The fourth-order valence-electron chi connectivity index (χ4n) is 1.85. The van der Waals surface area contributed by atoms with Crippen LogP contribution in [-0.2, 0) is 0 Å². The van der Waals surface area contributed by atoms with Gasteiger partial charge in [0.25, 0.3) is 0 Å². The number of nitrogens with two attached hydrogens (primary N) is 1. The van der Waals surface area contributed by atoms with Crippen molar-refractivity contribution < 1.29 is 4.74 Å². The second-order valence-electron chi connectivity index (χ2n) is 4.43. The van der Waals surface area contributed by atoms with E-state index in [2.05, 4.69) is 27.4 Å². The normalized spacial score (nSPS) is 17.7. The molecule has 0 atom stereocenters. The number of hydrogen-bond acceptors (Lipinski definition) is 6. The number of nitrogens with one attached hydrogen (secondary N) is 1. The lowest BCUT2D eigenvalue weighted by molar-refractivity contribution is 0.178. The Balaban J connectivity index is 1.98. The molecule has 100 valence electrons. The molecule has 0 saturated carbocycles. The molecule has 0 radical (unpaired) electrons. The van der Waals surface area contributed by atoms with Crippen molar-refractivity contribution in [1.29, 1.82) is 0 Å². The molecular weight excluding hydrogens is 230 g/mol. The van der Waals surface area contributed by atoms with E-state index < -0.39 is 0 Å². The van der Waals surface area contributed by atoms with Crippen LogP contribution in [-0.4, -0.2) is 54.7 Å². The molecule has 1 saturated heterocycles. The lowest BCUT2D eigenvalue weighted by Gasteiger charge is -2.32. The van der Waals surface area contributed by atoms with Gasteiger partial charge in [0.15, 0.2) is 0 Å². The molecule has 3 N–H and O–H groups in total. The van der Waals surface area contributed by atoms with E-state index in [1.54, 1.807) is 0 Å². The third-order valence-corrected chi connectivity index (χ3v) is 2.95. The Morgan fingerprint density at radius 3 is 2.72 bits per heavy atom. The number of hydrazine groups is 1. The van der Waals surface area contributed by atoms with E-state index >= 15 is 0 Å². The van der Waals surface area contributed by atoms with Crippen LogP contribution in [0.25, 0.3) is 0 Å². The largest absolute Gasteiger partial charge is 0.476 e. The van der Waals surface area contributed by atoms with Crippen LogP contribution in [0, 0.1) is 0 Å². The first kappa shape index (κ1) is 12.9. The summed E-state index contributed by atoms with van der Waals surface area (Å²) in [5.41, 5.74) is 9.65. The van der Waals surface area contributed by atoms with E-state index in [1.807, 2.05) is 19.1 Å². The molecule has 0 bridgehead atoms. The number of pyridine rings is 1. The highest BCUT2D eigenvalue weighted by Gasteiger charge is 2.14. The molecule has 2 rings (SSSR count). The van der Waals surface area contributed by atoms with Crippen LogP contribution in [0.5, 0.6) is 5.88 Å². The quantitative estimate of drug-likeness (QED) is 0.818. The highest BCUT2D eigenvalue weighted by Crippen LogP contribution is 2.21. The summed E-state index contributed by atoms with van der Waals surface area (Å²) in [7, 11) is 2.13. The number of rotatable bonds is 4. The highest BCUT2D eigenvalue weighted by molar-refractivity contribution is 5.53. The average Bonchev–Trinajstić information content (AvgIpc) is 2.37. The van der Waals surface area contributed by atoms with Crippen LogP contribution >= 0.6 is 0 Å². The molecule has 18 heavy (non-hydrogen) atoms. The van der Waals surface area contributed by atoms with Gasteiger partial charge in [0.05, 0.1) is 12.3 Å². The van der Waals surface area contributed by atoms with Gasteiger partial charge in [-0.05, 0) is 26.1 Å². The van der Waals surface area contributed by atoms with Crippen molar-refractivity contribution in [3.8, 4) is 5.88 Å². The predicted octanol–water partition coefficient (Wildman–Crippen LogP) is 0.637. The summed E-state index contributed by atoms with van der Waals surface area (Å²) in [6.45, 7) is 6.55. The van der Waals surface area contributed by atoms with Gasteiger partial charge in [-0.15, -0.1) is 0 Å². The molecule has 6 heteroatoms. The van der Waals surface area contributed by atoms with Gasteiger partial charge in [-0.25, -0.2) is 5.01 Å². The van der Waals surface area contributed by atoms with Crippen LogP contribution in [0.15, 0.2) is 12.1 Å². The van der Waals surface area contributed by atoms with Crippen molar-refractivity contribution in [1.82, 2.24) is 14.9 Å². The molecule has 6 nitrogen and oxygen atoms in total. The van der Waals surface area contributed by atoms with E-state index in [0.717, 1.165) is 32.0 Å². The maximum atomic E-state index is 5.79. The first-order valence-electron chi connectivity index (χ1n) is 6.28.